The maximum Gasteiger partial charge on any atom is 0.244 e. The summed E-state index contributed by atoms with van der Waals surface area (Å²) in [5, 5.41) is 9.75. The van der Waals surface area contributed by atoms with Crippen LogP contribution in [0.1, 0.15) is 43.3 Å². The minimum atomic E-state index is -3.66. The Balaban J connectivity index is 2.27. The minimum absolute atomic E-state index is 0.0406. The van der Waals surface area contributed by atoms with Crippen molar-refractivity contribution in [3.05, 3.63) is 17.1 Å². The summed E-state index contributed by atoms with van der Waals surface area (Å²) in [5.41, 5.74) is 0.359. The fourth-order valence-corrected chi connectivity index (χ4v) is 6.01. The van der Waals surface area contributed by atoms with Gasteiger partial charge in [0.1, 0.15) is 16.4 Å². The third kappa shape index (κ3) is 3.47. The molecule has 2 N–H and O–H groups in total. The Morgan fingerprint density at radius 2 is 2.05 bits per heavy atom. The van der Waals surface area contributed by atoms with E-state index in [0.29, 0.717) is 22.3 Å². The summed E-state index contributed by atoms with van der Waals surface area (Å²) >= 11 is 1.80. The van der Waals surface area contributed by atoms with Crippen LogP contribution in [0, 0.1) is 13.8 Å². The number of sulfonamides is 1. The van der Waals surface area contributed by atoms with E-state index in [1.54, 1.807) is 25.6 Å². The van der Waals surface area contributed by atoms with E-state index < -0.39 is 10.0 Å². The molecular weight excluding hydrogens is 310 g/mol. The van der Waals surface area contributed by atoms with Gasteiger partial charge in [0, 0.05) is 16.9 Å². The number of aliphatic hydroxyl groups excluding tert-OH is 1. The number of hydrogen-bond donors (Lipinski definition) is 2. The Hall–Kier alpha value is -0.500. The molecule has 1 aromatic rings. The highest BCUT2D eigenvalue weighted by atomic mass is 32.2. The van der Waals surface area contributed by atoms with Gasteiger partial charge < -0.3 is 9.52 Å². The lowest BCUT2D eigenvalue weighted by molar-refractivity contribution is 0.276. The van der Waals surface area contributed by atoms with Gasteiger partial charge in [-0.1, -0.05) is 13.3 Å². The van der Waals surface area contributed by atoms with Crippen LogP contribution in [0.15, 0.2) is 9.31 Å². The molecule has 0 saturated heterocycles. The zero-order valence-corrected chi connectivity index (χ0v) is 14.3. The summed E-state index contributed by atoms with van der Waals surface area (Å²) in [6.45, 7) is 5.04. The van der Waals surface area contributed by atoms with Gasteiger partial charge in [0.15, 0.2) is 0 Å². The van der Waals surface area contributed by atoms with E-state index in [1.165, 1.54) is 0 Å². The van der Waals surface area contributed by atoms with E-state index in [1.807, 2.05) is 0 Å². The van der Waals surface area contributed by atoms with Crippen LogP contribution in [-0.2, 0) is 16.6 Å². The van der Waals surface area contributed by atoms with E-state index in [-0.39, 0.29) is 17.5 Å². The van der Waals surface area contributed by atoms with Crippen molar-refractivity contribution >= 4 is 21.8 Å². The Bertz CT molecular complexity index is 594. The van der Waals surface area contributed by atoms with Crippen molar-refractivity contribution in [2.75, 3.05) is 5.75 Å². The molecule has 1 saturated carbocycles. The minimum Gasteiger partial charge on any atom is -0.465 e. The molecule has 1 aliphatic rings. The first-order chi connectivity index (χ1) is 9.90. The average Bonchev–Trinajstić information content (AvgIpc) is 2.94. The standard InChI is InChI=1S/C14H23NO4S2/c1-4-20-13-7-5-6-12(13)15-21(17,18)14-10(3)19-9(2)11(14)8-16/h12-13,15-16H,4-8H2,1-3H3. The third-order valence-electron chi connectivity index (χ3n) is 3.89. The van der Waals surface area contributed by atoms with Crippen LogP contribution >= 0.6 is 11.8 Å². The molecule has 1 fully saturated rings. The van der Waals surface area contributed by atoms with Gasteiger partial charge in [0.2, 0.25) is 10.0 Å². The van der Waals surface area contributed by atoms with Gasteiger partial charge in [-0.05, 0) is 32.4 Å². The Labute approximate surface area is 130 Å². The van der Waals surface area contributed by atoms with Crippen molar-refractivity contribution < 1.29 is 17.9 Å². The molecule has 0 bridgehead atoms. The zero-order valence-electron chi connectivity index (χ0n) is 12.7. The summed E-state index contributed by atoms with van der Waals surface area (Å²) in [4.78, 5) is 0.106. The number of rotatable bonds is 6. The summed E-state index contributed by atoms with van der Waals surface area (Å²) in [6.07, 6.45) is 2.95. The van der Waals surface area contributed by atoms with Gasteiger partial charge in [-0.25, -0.2) is 13.1 Å². The molecule has 1 aliphatic carbocycles. The molecule has 7 heteroatoms. The van der Waals surface area contributed by atoms with E-state index in [9.17, 15) is 13.5 Å². The third-order valence-corrected chi connectivity index (χ3v) is 6.90. The van der Waals surface area contributed by atoms with Crippen molar-refractivity contribution in [3.8, 4) is 0 Å². The Kier molecular flexibility index (Phi) is 5.40. The maximum absolute atomic E-state index is 12.7. The zero-order chi connectivity index (χ0) is 15.6. The molecule has 0 aromatic carbocycles. The molecule has 0 radical (unpaired) electrons. The number of aliphatic hydroxyl groups is 1. The average molecular weight is 333 g/mol. The monoisotopic (exact) mass is 333 g/mol. The van der Waals surface area contributed by atoms with Crippen molar-refractivity contribution in [3.63, 3.8) is 0 Å². The molecule has 1 heterocycles. The largest absolute Gasteiger partial charge is 0.465 e. The van der Waals surface area contributed by atoms with Crippen LogP contribution in [0.5, 0.6) is 0 Å². The van der Waals surface area contributed by atoms with Gasteiger partial charge >= 0.3 is 0 Å². The molecule has 120 valence electrons. The number of hydrogen-bond acceptors (Lipinski definition) is 5. The molecule has 1 aromatic heterocycles. The first-order valence-corrected chi connectivity index (χ1v) is 9.77. The summed E-state index contributed by atoms with van der Waals surface area (Å²) in [7, 11) is -3.66. The summed E-state index contributed by atoms with van der Waals surface area (Å²) in [5.74, 6) is 1.78. The SMILES string of the molecule is CCSC1CCCC1NS(=O)(=O)c1c(C)oc(C)c1CO. The molecule has 21 heavy (non-hydrogen) atoms. The lowest BCUT2D eigenvalue weighted by Gasteiger charge is -2.20. The van der Waals surface area contributed by atoms with Crippen molar-refractivity contribution in [2.45, 2.75) is 62.8 Å². The normalized spacial score (nSPS) is 22.9. The van der Waals surface area contributed by atoms with Crippen molar-refractivity contribution in [1.29, 1.82) is 0 Å². The fourth-order valence-electron chi connectivity index (χ4n) is 2.98. The molecule has 2 atom stereocenters. The molecule has 5 nitrogen and oxygen atoms in total. The first-order valence-electron chi connectivity index (χ1n) is 7.24. The second-order valence-electron chi connectivity index (χ2n) is 5.33. The highest BCUT2D eigenvalue weighted by molar-refractivity contribution is 8.00. The fraction of sp³-hybridized carbons (Fsp3) is 0.714. The highest BCUT2D eigenvalue weighted by Gasteiger charge is 2.34. The molecule has 0 spiro atoms. The number of furan rings is 1. The lowest BCUT2D eigenvalue weighted by atomic mass is 10.2. The van der Waals surface area contributed by atoms with Gasteiger partial charge in [-0.15, -0.1) is 0 Å². The van der Waals surface area contributed by atoms with E-state index in [0.717, 1.165) is 25.0 Å². The molecule has 2 unspecified atom stereocenters. The van der Waals surface area contributed by atoms with Crippen LogP contribution in [-0.4, -0.2) is 30.6 Å². The first kappa shape index (κ1) is 16.9. The number of aryl methyl sites for hydroxylation is 2. The van der Waals surface area contributed by atoms with Crippen molar-refractivity contribution in [1.82, 2.24) is 4.72 Å². The van der Waals surface area contributed by atoms with Gasteiger partial charge in [0.05, 0.1) is 6.61 Å². The Morgan fingerprint density at radius 3 is 2.67 bits per heavy atom. The predicted molar refractivity (Wildman–Crippen MR) is 84.0 cm³/mol. The Morgan fingerprint density at radius 1 is 1.33 bits per heavy atom. The van der Waals surface area contributed by atoms with E-state index >= 15 is 0 Å². The van der Waals surface area contributed by atoms with E-state index in [2.05, 4.69) is 11.6 Å². The second-order valence-corrected chi connectivity index (χ2v) is 8.50. The van der Waals surface area contributed by atoms with Gasteiger partial charge in [-0.3, -0.25) is 0 Å². The second kappa shape index (κ2) is 6.73. The number of nitrogens with one attached hydrogen (secondary N) is 1. The summed E-state index contributed by atoms with van der Waals surface area (Å²) in [6, 6.07) is -0.0406. The topological polar surface area (TPSA) is 79.5 Å². The maximum atomic E-state index is 12.7. The van der Waals surface area contributed by atoms with Crippen LogP contribution in [0.2, 0.25) is 0 Å². The van der Waals surface area contributed by atoms with Gasteiger partial charge in [0.25, 0.3) is 0 Å². The molecule has 0 amide bonds. The molecule has 0 aliphatic heterocycles. The highest BCUT2D eigenvalue weighted by Crippen LogP contribution is 2.32. The molecule has 2 rings (SSSR count). The van der Waals surface area contributed by atoms with Crippen LogP contribution in [0.4, 0.5) is 0 Å². The van der Waals surface area contributed by atoms with Crippen LogP contribution in [0.3, 0.4) is 0 Å². The van der Waals surface area contributed by atoms with Gasteiger partial charge in [-0.2, -0.15) is 11.8 Å². The molecular formula is C14H23NO4S2. The lowest BCUT2D eigenvalue weighted by Crippen LogP contribution is -2.39. The predicted octanol–water partition coefficient (Wildman–Crippen LogP) is 2.34. The number of thioether (sulfide) groups is 1. The van der Waals surface area contributed by atoms with Crippen molar-refractivity contribution in [2.24, 2.45) is 0 Å². The van der Waals surface area contributed by atoms with Crippen LogP contribution < -0.4 is 4.72 Å². The quantitative estimate of drug-likeness (QED) is 0.835. The van der Waals surface area contributed by atoms with Crippen LogP contribution in [0.25, 0.3) is 0 Å². The summed E-state index contributed by atoms with van der Waals surface area (Å²) < 4.78 is 33.5. The van der Waals surface area contributed by atoms with E-state index in [4.69, 9.17) is 4.42 Å². The smallest absolute Gasteiger partial charge is 0.244 e.